The van der Waals surface area contributed by atoms with Gasteiger partial charge in [-0.15, -0.1) is 0 Å². The van der Waals surface area contributed by atoms with E-state index >= 15 is 0 Å². The molecule has 0 atom stereocenters. The lowest BCUT2D eigenvalue weighted by atomic mass is 10.2. The third-order valence-electron chi connectivity index (χ3n) is 1.40. The van der Waals surface area contributed by atoms with Crippen molar-refractivity contribution in [2.24, 2.45) is 0 Å². The molecule has 70 valence electrons. The number of ether oxygens (including phenoxy) is 1. The number of hydrogen-bond donors (Lipinski definition) is 0. The third-order valence-corrected chi connectivity index (χ3v) is 2.81. The van der Waals surface area contributed by atoms with E-state index in [0.717, 1.165) is 3.57 Å². The van der Waals surface area contributed by atoms with Crippen molar-refractivity contribution in [2.45, 2.75) is 0 Å². The Morgan fingerprint density at radius 2 is 2.08 bits per heavy atom. The van der Waals surface area contributed by atoms with Crippen LogP contribution in [0.1, 0.15) is 10.4 Å². The second kappa shape index (κ2) is 4.54. The van der Waals surface area contributed by atoms with Gasteiger partial charge < -0.3 is 4.74 Å². The summed E-state index contributed by atoms with van der Waals surface area (Å²) in [6.45, 7) is 0. The number of carbonyl (C=O) groups excluding carboxylic acids is 1. The molecular formula is C8H5FI2O2. The summed E-state index contributed by atoms with van der Waals surface area (Å²) in [7, 11) is 1.23. The summed E-state index contributed by atoms with van der Waals surface area (Å²) in [5.74, 6) is -1.17. The molecule has 0 amide bonds. The van der Waals surface area contributed by atoms with E-state index in [1.54, 1.807) is 6.07 Å². The zero-order valence-corrected chi connectivity index (χ0v) is 10.9. The van der Waals surface area contributed by atoms with Crippen molar-refractivity contribution in [3.05, 3.63) is 30.7 Å². The van der Waals surface area contributed by atoms with E-state index in [0.29, 0.717) is 3.57 Å². The van der Waals surface area contributed by atoms with Crippen LogP contribution in [0.3, 0.4) is 0 Å². The average molecular weight is 406 g/mol. The Labute approximate surface area is 102 Å². The fourth-order valence-electron chi connectivity index (χ4n) is 0.814. The van der Waals surface area contributed by atoms with E-state index in [1.807, 2.05) is 45.2 Å². The molecule has 1 rings (SSSR count). The van der Waals surface area contributed by atoms with Gasteiger partial charge in [0.15, 0.2) is 5.82 Å². The first-order valence-corrected chi connectivity index (χ1v) is 5.45. The molecule has 0 radical (unpaired) electrons. The second-order valence-electron chi connectivity index (χ2n) is 2.24. The fourth-order valence-corrected chi connectivity index (χ4v) is 2.66. The molecule has 0 heterocycles. The SMILES string of the molecule is COC(=O)c1cc(I)cc(I)c1F. The molecule has 1 aromatic carbocycles. The number of halogens is 3. The standard InChI is InChI=1S/C8H5FI2O2/c1-13-8(12)5-2-4(10)3-6(11)7(5)9/h2-3H,1H3. The van der Waals surface area contributed by atoms with Crippen LogP contribution < -0.4 is 0 Å². The molecule has 0 N–H and O–H groups in total. The molecule has 0 saturated carbocycles. The molecule has 0 spiro atoms. The van der Waals surface area contributed by atoms with Gasteiger partial charge in [-0.1, -0.05) is 0 Å². The highest BCUT2D eigenvalue weighted by molar-refractivity contribution is 14.1. The maximum absolute atomic E-state index is 13.3. The fraction of sp³-hybridized carbons (Fsp3) is 0.125. The summed E-state index contributed by atoms with van der Waals surface area (Å²) in [5.41, 5.74) is -0.0150. The van der Waals surface area contributed by atoms with E-state index in [4.69, 9.17) is 0 Å². The van der Waals surface area contributed by atoms with E-state index in [2.05, 4.69) is 4.74 Å². The summed E-state index contributed by atoms with van der Waals surface area (Å²) in [6.07, 6.45) is 0. The summed E-state index contributed by atoms with van der Waals surface area (Å²) < 4.78 is 19.0. The number of hydrogen-bond acceptors (Lipinski definition) is 2. The number of esters is 1. The van der Waals surface area contributed by atoms with E-state index in [-0.39, 0.29) is 5.56 Å². The Balaban J connectivity index is 3.28. The van der Waals surface area contributed by atoms with Gasteiger partial charge in [0, 0.05) is 3.57 Å². The monoisotopic (exact) mass is 406 g/mol. The number of benzene rings is 1. The molecule has 13 heavy (non-hydrogen) atoms. The lowest BCUT2D eigenvalue weighted by Gasteiger charge is -2.03. The average Bonchev–Trinajstić information content (AvgIpc) is 2.10. The normalized spacial score (nSPS) is 9.85. The van der Waals surface area contributed by atoms with Crippen LogP contribution >= 0.6 is 45.2 Å². The summed E-state index contributed by atoms with van der Waals surface area (Å²) >= 11 is 3.86. The van der Waals surface area contributed by atoms with Gasteiger partial charge in [-0.05, 0) is 57.3 Å². The first-order valence-electron chi connectivity index (χ1n) is 3.29. The molecule has 5 heteroatoms. The van der Waals surface area contributed by atoms with E-state index < -0.39 is 11.8 Å². The highest BCUT2D eigenvalue weighted by Gasteiger charge is 2.15. The number of methoxy groups -OCH3 is 1. The van der Waals surface area contributed by atoms with Crippen molar-refractivity contribution in [1.82, 2.24) is 0 Å². The van der Waals surface area contributed by atoms with Gasteiger partial charge in [-0.2, -0.15) is 0 Å². The lowest BCUT2D eigenvalue weighted by molar-refractivity contribution is 0.0595. The Morgan fingerprint density at radius 3 is 2.62 bits per heavy atom. The van der Waals surface area contributed by atoms with E-state index in [1.165, 1.54) is 13.2 Å². The predicted molar refractivity (Wildman–Crippen MR) is 63.2 cm³/mol. The maximum Gasteiger partial charge on any atom is 0.340 e. The Bertz CT molecular complexity index is 352. The van der Waals surface area contributed by atoms with Crippen molar-refractivity contribution in [2.75, 3.05) is 7.11 Å². The summed E-state index contributed by atoms with van der Waals surface area (Å²) in [4.78, 5) is 11.1. The third kappa shape index (κ3) is 2.52. The van der Waals surface area contributed by atoms with Crippen molar-refractivity contribution in [1.29, 1.82) is 0 Å². The van der Waals surface area contributed by atoms with Gasteiger partial charge in [0.25, 0.3) is 0 Å². The number of carbonyl (C=O) groups is 1. The van der Waals surface area contributed by atoms with Gasteiger partial charge in [-0.3, -0.25) is 0 Å². The quantitative estimate of drug-likeness (QED) is 0.408. The van der Waals surface area contributed by atoms with Crippen LogP contribution in [0, 0.1) is 13.0 Å². The molecule has 2 nitrogen and oxygen atoms in total. The molecule has 0 aliphatic carbocycles. The van der Waals surface area contributed by atoms with Gasteiger partial charge in [0.05, 0.1) is 16.2 Å². The zero-order valence-electron chi connectivity index (χ0n) is 6.61. The molecule has 0 aromatic heterocycles. The van der Waals surface area contributed by atoms with Crippen molar-refractivity contribution >= 4 is 51.2 Å². The summed E-state index contributed by atoms with van der Waals surface area (Å²) in [5, 5.41) is 0. The molecule has 0 unspecified atom stereocenters. The smallest absolute Gasteiger partial charge is 0.340 e. The molecule has 0 fully saturated rings. The first-order chi connectivity index (χ1) is 6.06. The lowest BCUT2D eigenvalue weighted by Crippen LogP contribution is -2.06. The molecule has 0 bridgehead atoms. The van der Waals surface area contributed by atoms with Gasteiger partial charge in [0.1, 0.15) is 0 Å². The number of rotatable bonds is 1. The minimum atomic E-state index is -0.645. The Kier molecular flexibility index (Phi) is 3.89. The van der Waals surface area contributed by atoms with Crippen LogP contribution in [0.15, 0.2) is 12.1 Å². The second-order valence-corrected chi connectivity index (χ2v) is 4.65. The van der Waals surface area contributed by atoms with Crippen molar-refractivity contribution < 1.29 is 13.9 Å². The molecule has 1 aromatic rings. The first kappa shape index (κ1) is 11.2. The van der Waals surface area contributed by atoms with Crippen molar-refractivity contribution in [3.8, 4) is 0 Å². The van der Waals surface area contributed by atoms with E-state index in [9.17, 15) is 9.18 Å². The Morgan fingerprint density at radius 1 is 1.46 bits per heavy atom. The van der Waals surface area contributed by atoms with Crippen molar-refractivity contribution in [3.63, 3.8) is 0 Å². The topological polar surface area (TPSA) is 26.3 Å². The van der Waals surface area contributed by atoms with Crippen LogP contribution in [0.2, 0.25) is 0 Å². The minimum Gasteiger partial charge on any atom is -0.465 e. The van der Waals surface area contributed by atoms with Gasteiger partial charge in [0.2, 0.25) is 0 Å². The highest BCUT2D eigenvalue weighted by atomic mass is 127. The molecular weight excluding hydrogens is 401 g/mol. The van der Waals surface area contributed by atoms with Gasteiger partial charge in [-0.25, -0.2) is 9.18 Å². The molecule has 0 aliphatic heterocycles. The highest BCUT2D eigenvalue weighted by Crippen LogP contribution is 2.19. The molecule has 0 aliphatic rings. The van der Waals surface area contributed by atoms with Crippen LogP contribution in [0.4, 0.5) is 4.39 Å². The molecule has 0 saturated heterocycles. The van der Waals surface area contributed by atoms with Crippen LogP contribution in [-0.4, -0.2) is 13.1 Å². The van der Waals surface area contributed by atoms with Crippen LogP contribution in [0.5, 0.6) is 0 Å². The predicted octanol–water partition coefficient (Wildman–Crippen LogP) is 2.82. The van der Waals surface area contributed by atoms with Gasteiger partial charge >= 0.3 is 5.97 Å². The minimum absolute atomic E-state index is 0.0150. The summed E-state index contributed by atoms with van der Waals surface area (Å²) in [6, 6.07) is 3.12. The van der Waals surface area contributed by atoms with Crippen LogP contribution in [-0.2, 0) is 4.74 Å². The maximum atomic E-state index is 13.3. The largest absolute Gasteiger partial charge is 0.465 e. The zero-order chi connectivity index (χ0) is 10.0. The van der Waals surface area contributed by atoms with Crippen LogP contribution in [0.25, 0.3) is 0 Å². The Hall–Kier alpha value is 0.0800.